The van der Waals surface area contributed by atoms with Crippen molar-refractivity contribution in [3.8, 4) is 5.75 Å². The number of ether oxygens (including phenoxy) is 1. The molecule has 1 unspecified atom stereocenters. The maximum atomic E-state index is 12.4. The molecule has 21 heavy (non-hydrogen) atoms. The zero-order valence-corrected chi connectivity index (χ0v) is 12.9. The van der Waals surface area contributed by atoms with Gasteiger partial charge in [0.1, 0.15) is 5.75 Å². The summed E-state index contributed by atoms with van der Waals surface area (Å²) in [7, 11) is 0. The Morgan fingerprint density at radius 1 is 1.33 bits per heavy atom. The molecule has 1 saturated heterocycles. The second kappa shape index (κ2) is 7.92. The van der Waals surface area contributed by atoms with E-state index in [2.05, 4.69) is 21.9 Å². The van der Waals surface area contributed by atoms with Gasteiger partial charge in [-0.05, 0) is 51.1 Å². The number of nitrogens with zero attached hydrogens (tertiary/aromatic N) is 1. The summed E-state index contributed by atoms with van der Waals surface area (Å²) < 4.78 is 29.3. The van der Waals surface area contributed by atoms with Crippen molar-refractivity contribution in [1.29, 1.82) is 0 Å². The highest BCUT2D eigenvalue weighted by Gasteiger charge is 2.15. The number of halogens is 3. The molecule has 1 aliphatic heterocycles. The normalized spacial score (nSPS) is 17.4. The Labute approximate surface area is 129 Å². The van der Waals surface area contributed by atoms with Crippen LogP contribution in [0, 0.1) is 0 Å². The highest BCUT2D eigenvalue weighted by Crippen LogP contribution is 2.24. The van der Waals surface area contributed by atoms with E-state index < -0.39 is 6.61 Å². The minimum Gasteiger partial charge on any atom is -0.434 e. The van der Waals surface area contributed by atoms with Gasteiger partial charge in [0.25, 0.3) is 0 Å². The van der Waals surface area contributed by atoms with Gasteiger partial charge in [-0.2, -0.15) is 8.78 Å². The van der Waals surface area contributed by atoms with E-state index in [0.29, 0.717) is 17.1 Å². The van der Waals surface area contributed by atoms with E-state index in [9.17, 15) is 8.78 Å². The molecule has 2 rings (SSSR count). The van der Waals surface area contributed by atoms with Crippen molar-refractivity contribution >= 4 is 11.6 Å². The summed E-state index contributed by atoms with van der Waals surface area (Å²) in [5, 5.41) is 3.86. The van der Waals surface area contributed by atoms with Gasteiger partial charge in [-0.15, -0.1) is 0 Å². The fraction of sp³-hybridized carbons (Fsp3) is 0.600. The van der Waals surface area contributed by atoms with E-state index >= 15 is 0 Å². The Morgan fingerprint density at radius 3 is 2.71 bits per heavy atom. The van der Waals surface area contributed by atoms with Crippen molar-refractivity contribution in [2.24, 2.45) is 0 Å². The minimum absolute atomic E-state index is 0.176. The van der Waals surface area contributed by atoms with E-state index in [0.717, 1.165) is 19.6 Å². The number of likely N-dealkylation sites (tertiary alicyclic amines) is 1. The average Bonchev–Trinajstić information content (AvgIpc) is 2.91. The van der Waals surface area contributed by atoms with Crippen LogP contribution >= 0.6 is 11.6 Å². The summed E-state index contributed by atoms with van der Waals surface area (Å²) in [6.07, 6.45) is 2.51. The molecule has 118 valence electrons. The molecule has 6 heteroatoms. The lowest BCUT2D eigenvalue weighted by Crippen LogP contribution is -2.37. The van der Waals surface area contributed by atoms with Crippen molar-refractivity contribution in [3.05, 3.63) is 28.8 Å². The second-order valence-corrected chi connectivity index (χ2v) is 5.86. The lowest BCUT2D eigenvalue weighted by atomic mass is 10.2. The summed E-state index contributed by atoms with van der Waals surface area (Å²) in [6.45, 7) is 2.97. The molecule has 0 bridgehead atoms. The lowest BCUT2D eigenvalue weighted by molar-refractivity contribution is -0.0505. The highest BCUT2D eigenvalue weighted by molar-refractivity contribution is 6.30. The Hall–Kier alpha value is -0.910. The van der Waals surface area contributed by atoms with Crippen molar-refractivity contribution in [2.45, 2.75) is 39.0 Å². The molecule has 1 fully saturated rings. The molecule has 1 aromatic carbocycles. The first-order chi connectivity index (χ1) is 10.0. The molecule has 1 atom stereocenters. The maximum absolute atomic E-state index is 12.4. The Morgan fingerprint density at radius 2 is 2.05 bits per heavy atom. The van der Waals surface area contributed by atoms with Crippen molar-refractivity contribution in [1.82, 2.24) is 10.2 Å². The van der Waals surface area contributed by atoms with Crippen molar-refractivity contribution in [2.75, 3.05) is 19.6 Å². The average molecular weight is 319 g/mol. The Kier molecular flexibility index (Phi) is 6.21. The summed E-state index contributed by atoms with van der Waals surface area (Å²) >= 11 is 5.93. The lowest BCUT2D eigenvalue weighted by Gasteiger charge is -2.22. The molecule has 1 heterocycles. The van der Waals surface area contributed by atoms with Gasteiger partial charge in [-0.3, -0.25) is 0 Å². The van der Waals surface area contributed by atoms with Gasteiger partial charge in [0.05, 0.1) is 0 Å². The first-order valence-corrected chi connectivity index (χ1v) is 7.61. The molecule has 1 aliphatic rings. The molecule has 0 spiro atoms. The van der Waals surface area contributed by atoms with Crippen LogP contribution in [0.5, 0.6) is 5.75 Å². The van der Waals surface area contributed by atoms with Gasteiger partial charge in [0.15, 0.2) is 0 Å². The van der Waals surface area contributed by atoms with Gasteiger partial charge in [-0.25, -0.2) is 0 Å². The first kappa shape index (κ1) is 16.5. The number of alkyl halides is 2. The van der Waals surface area contributed by atoms with Crippen LogP contribution in [0.3, 0.4) is 0 Å². The molecular weight excluding hydrogens is 298 g/mol. The molecule has 1 N–H and O–H groups in total. The highest BCUT2D eigenvalue weighted by atomic mass is 35.5. The Bertz CT molecular complexity index is 453. The fourth-order valence-electron chi connectivity index (χ4n) is 2.60. The van der Waals surface area contributed by atoms with E-state index in [1.807, 2.05) is 0 Å². The second-order valence-electron chi connectivity index (χ2n) is 5.42. The van der Waals surface area contributed by atoms with E-state index in [4.69, 9.17) is 11.6 Å². The van der Waals surface area contributed by atoms with Crippen LogP contribution in [0.4, 0.5) is 8.78 Å². The SMILES string of the molecule is CC(CN1CCCC1)NCc1cc(Cl)ccc1OC(F)F. The number of nitrogens with one attached hydrogen (secondary N) is 1. The van der Waals surface area contributed by atoms with Crippen LogP contribution in [-0.2, 0) is 6.54 Å². The molecule has 0 aromatic heterocycles. The number of hydrogen-bond donors (Lipinski definition) is 1. The molecule has 1 aromatic rings. The summed E-state index contributed by atoms with van der Waals surface area (Å²) in [5.74, 6) is 0.176. The van der Waals surface area contributed by atoms with Crippen LogP contribution in [0.25, 0.3) is 0 Å². The van der Waals surface area contributed by atoms with Crippen LogP contribution in [0.15, 0.2) is 18.2 Å². The first-order valence-electron chi connectivity index (χ1n) is 7.23. The van der Waals surface area contributed by atoms with Crippen molar-refractivity contribution in [3.63, 3.8) is 0 Å². The number of hydrogen-bond acceptors (Lipinski definition) is 3. The zero-order valence-electron chi connectivity index (χ0n) is 12.1. The third kappa shape index (κ3) is 5.41. The van der Waals surface area contributed by atoms with E-state index in [1.54, 1.807) is 12.1 Å². The third-order valence-electron chi connectivity index (χ3n) is 3.61. The zero-order chi connectivity index (χ0) is 15.2. The van der Waals surface area contributed by atoms with Gasteiger partial charge in [0.2, 0.25) is 0 Å². The predicted octanol–water partition coefficient (Wildman–Crippen LogP) is 3.52. The van der Waals surface area contributed by atoms with Crippen LogP contribution in [-0.4, -0.2) is 37.2 Å². The quantitative estimate of drug-likeness (QED) is 0.832. The molecule has 0 amide bonds. The molecular formula is C15H21ClF2N2O. The Balaban J connectivity index is 1.90. The molecule has 0 radical (unpaired) electrons. The van der Waals surface area contributed by atoms with Crippen LogP contribution < -0.4 is 10.1 Å². The summed E-state index contributed by atoms with van der Waals surface area (Å²) in [5.41, 5.74) is 0.649. The van der Waals surface area contributed by atoms with Gasteiger partial charge >= 0.3 is 6.61 Å². The molecule has 0 aliphatic carbocycles. The molecule has 0 saturated carbocycles. The summed E-state index contributed by atoms with van der Waals surface area (Å²) in [4.78, 5) is 2.41. The number of rotatable bonds is 7. The van der Waals surface area contributed by atoms with Crippen molar-refractivity contribution < 1.29 is 13.5 Å². The monoisotopic (exact) mass is 318 g/mol. The van der Waals surface area contributed by atoms with Gasteiger partial charge in [0, 0.05) is 29.7 Å². The fourth-order valence-corrected chi connectivity index (χ4v) is 2.79. The third-order valence-corrected chi connectivity index (χ3v) is 3.85. The van der Waals surface area contributed by atoms with E-state index in [-0.39, 0.29) is 11.8 Å². The van der Waals surface area contributed by atoms with Gasteiger partial charge in [-0.1, -0.05) is 11.6 Å². The number of benzene rings is 1. The van der Waals surface area contributed by atoms with Crippen LogP contribution in [0.1, 0.15) is 25.3 Å². The largest absolute Gasteiger partial charge is 0.434 e. The van der Waals surface area contributed by atoms with E-state index in [1.165, 1.54) is 18.9 Å². The maximum Gasteiger partial charge on any atom is 0.387 e. The summed E-state index contributed by atoms with van der Waals surface area (Å²) in [6, 6.07) is 4.98. The smallest absolute Gasteiger partial charge is 0.387 e. The van der Waals surface area contributed by atoms with Gasteiger partial charge < -0.3 is 15.0 Å². The standard InChI is InChI=1S/C15H21ClF2N2O/c1-11(10-20-6-2-3-7-20)19-9-12-8-13(16)4-5-14(12)21-15(17)18/h4-5,8,11,15,19H,2-3,6-7,9-10H2,1H3. The van der Waals surface area contributed by atoms with Crippen LogP contribution in [0.2, 0.25) is 5.02 Å². The molecule has 3 nitrogen and oxygen atoms in total. The topological polar surface area (TPSA) is 24.5 Å². The minimum atomic E-state index is -2.83. The predicted molar refractivity (Wildman–Crippen MR) is 80.1 cm³/mol.